The van der Waals surface area contributed by atoms with Crippen LogP contribution in [0.1, 0.15) is 38.1 Å². The fourth-order valence-electron chi connectivity index (χ4n) is 2.08. The first-order valence-electron chi connectivity index (χ1n) is 6.95. The van der Waals surface area contributed by atoms with Gasteiger partial charge in [-0.15, -0.1) is 0 Å². The number of hydrogen-bond donors (Lipinski definition) is 0. The monoisotopic (exact) mass is 404 g/mol. The predicted octanol–water partition coefficient (Wildman–Crippen LogP) is 3.95. The molecule has 21 heavy (non-hydrogen) atoms. The zero-order valence-electron chi connectivity index (χ0n) is 12.8. The van der Waals surface area contributed by atoms with Gasteiger partial charge in [0.2, 0.25) is 0 Å². The molecule has 0 spiro atoms. The highest BCUT2D eigenvalue weighted by Crippen LogP contribution is 2.22. The lowest BCUT2D eigenvalue weighted by atomic mass is 10.1. The van der Waals surface area contributed by atoms with Gasteiger partial charge in [0.1, 0.15) is 0 Å². The molecule has 1 rings (SSSR count). The van der Waals surface area contributed by atoms with Gasteiger partial charge >= 0.3 is 0 Å². The molecule has 0 aliphatic heterocycles. The molecule has 5 nitrogen and oxygen atoms in total. The Bertz CT molecular complexity index is 520. The Morgan fingerprint density at radius 1 is 1.24 bits per heavy atom. The minimum atomic E-state index is -0.470. The number of nitro groups is 1. The Morgan fingerprint density at radius 2 is 1.76 bits per heavy atom. The lowest BCUT2D eigenvalue weighted by molar-refractivity contribution is -0.384. The third-order valence-corrected chi connectivity index (χ3v) is 3.79. The van der Waals surface area contributed by atoms with E-state index in [1.54, 1.807) is 11.0 Å². The molecule has 0 fully saturated rings. The first kappa shape index (κ1) is 17.9. The molecule has 0 saturated carbocycles. The van der Waals surface area contributed by atoms with Gasteiger partial charge in [-0.1, -0.05) is 27.7 Å². The summed E-state index contributed by atoms with van der Waals surface area (Å²) in [6, 6.07) is 4.42. The highest BCUT2D eigenvalue weighted by Gasteiger charge is 2.22. The summed E-state index contributed by atoms with van der Waals surface area (Å²) in [7, 11) is 0. The lowest BCUT2D eigenvalue weighted by Gasteiger charge is -2.26. The number of amides is 1. The van der Waals surface area contributed by atoms with Crippen LogP contribution in [0, 0.1) is 25.5 Å². The van der Waals surface area contributed by atoms with E-state index in [2.05, 4.69) is 27.7 Å². The molecule has 116 valence electrons. The second-order valence-corrected chi connectivity index (χ2v) is 7.08. The van der Waals surface area contributed by atoms with E-state index < -0.39 is 4.92 Å². The van der Waals surface area contributed by atoms with Gasteiger partial charge in [-0.25, -0.2) is 0 Å². The Morgan fingerprint density at radius 3 is 2.19 bits per heavy atom. The van der Waals surface area contributed by atoms with Crippen LogP contribution in [0.15, 0.2) is 18.2 Å². The SMILES string of the molecule is CC(C)CN(CC(C)C)C(=O)c1cc([N+](=O)[O-])ccc1I. The molecule has 0 saturated heterocycles. The number of nitrogens with zero attached hydrogens (tertiary/aromatic N) is 2. The Labute approximate surface area is 139 Å². The number of non-ortho nitro benzene ring substituents is 1. The van der Waals surface area contributed by atoms with Gasteiger partial charge in [-0.3, -0.25) is 14.9 Å². The van der Waals surface area contributed by atoms with Crippen molar-refractivity contribution in [2.75, 3.05) is 13.1 Å². The topological polar surface area (TPSA) is 63.5 Å². The average molecular weight is 404 g/mol. The Hall–Kier alpha value is -1.18. The Balaban J connectivity index is 3.12. The number of carbonyl (C=O) groups is 1. The number of nitro benzene ring substituents is 1. The van der Waals surface area contributed by atoms with Crippen molar-refractivity contribution in [3.05, 3.63) is 37.4 Å². The summed E-state index contributed by atoms with van der Waals surface area (Å²) in [4.78, 5) is 24.9. The van der Waals surface area contributed by atoms with Crippen LogP contribution in [-0.2, 0) is 0 Å². The molecule has 0 N–H and O–H groups in total. The summed E-state index contributed by atoms with van der Waals surface area (Å²) < 4.78 is 0.737. The molecule has 0 atom stereocenters. The number of hydrogen-bond acceptors (Lipinski definition) is 3. The number of carbonyl (C=O) groups excluding carboxylic acids is 1. The van der Waals surface area contributed by atoms with E-state index in [1.807, 2.05) is 22.6 Å². The lowest BCUT2D eigenvalue weighted by Crippen LogP contribution is -2.37. The van der Waals surface area contributed by atoms with E-state index in [9.17, 15) is 14.9 Å². The van der Waals surface area contributed by atoms with Crippen molar-refractivity contribution >= 4 is 34.2 Å². The molecule has 0 aromatic heterocycles. The highest BCUT2D eigenvalue weighted by molar-refractivity contribution is 14.1. The van der Waals surface area contributed by atoms with Crippen molar-refractivity contribution in [1.82, 2.24) is 4.90 Å². The van der Waals surface area contributed by atoms with E-state index in [0.29, 0.717) is 30.5 Å². The third kappa shape index (κ3) is 5.26. The van der Waals surface area contributed by atoms with E-state index in [1.165, 1.54) is 12.1 Å². The quantitative estimate of drug-likeness (QED) is 0.410. The zero-order valence-corrected chi connectivity index (χ0v) is 15.0. The zero-order chi connectivity index (χ0) is 16.2. The maximum Gasteiger partial charge on any atom is 0.270 e. The second kappa shape index (κ2) is 7.72. The first-order valence-corrected chi connectivity index (χ1v) is 8.03. The summed E-state index contributed by atoms with van der Waals surface area (Å²) >= 11 is 2.05. The number of benzene rings is 1. The van der Waals surface area contributed by atoms with Gasteiger partial charge in [0, 0.05) is 28.8 Å². The van der Waals surface area contributed by atoms with Gasteiger partial charge in [-0.05, 0) is 40.5 Å². The molecule has 0 aliphatic carbocycles. The Kier molecular flexibility index (Phi) is 6.57. The molecular formula is C15H21IN2O3. The minimum absolute atomic E-state index is 0.0483. The van der Waals surface area contributed by atoms with Crippen LogP contribution >= 0.6 is 22.6 Å². The molecule has 0 aliphatic rings. The van der Waals surface area contributed by atoms with Crippen LogP contribution in [0.2, 0.25) is 0 Å². The summed E-state index contributed by atoms with van der Waals surface area (Å²) in [6.45, 7) is 9.52. The van der Waals surface area contributed by atoms with Crippen molar-refractivity contribution < 1.29 is 9.72 Å². The smallest absolute Gasteiger partial charge is 0.270 e. The van der Waals surface area contributed by atoms with Crippen LogP contribution < -0.4 is 0 Å². The van der Waals surface area contributed by atoms with Gasteiger partial charge < -0.3 is 4.90 Å². The van der Waals surface area contributed by atoms with Gasteiger partial charge in [-0.2, -0.15) is 0 Å². The molecule has 1 aromatic rings. The van der Waals surface area contributed by atoms with Crippen LogP contribution in [0.4, 0.5) is 5.69 Å². The van der Waals surface area contributed by atoms with Gasteiger partial charge in [0.15, 0.2) is 0 Å². The fourth-order valence-corrected chi connectivity index (χ4v) is 2.65. The maximum absolute atomic E-state index is 12.7. The minimum Gasteiger partial charge on any atom is -0.338 e. The second-order valence-electron chi connectivity index (χ2n) is 5.92. The number of rotatable bonds is 6. The summed E-state index contributed by atoms with van der Waals surface area (Å²) in [5, 5.41) is 10.9. The van der Waals surface area contributed by atoms with Gasteiger partial charge in [0.05, 0.1) is 10.5 Å². The summed E-state index contributed by atoms with van der Waals surface area (Å²) in [5.74, 6) is 0.568. The molecule has 1 aromatic carbocycles. The standard InChI is InChI=1S/C15H21IN2O3/c1-10(2)8-17(9-11(3)4)15(19)13-7-12(18(20)21)5-6-14(13)16/h5-7,10-11H,8-9H2,1-4H3. The predicted molar refractivity (Wildman–Crippen MR) is 91.4 cm³/mol. The van der Waals surface area contributed by atoms with Crippen molar-refractivity contribution in [2.45, 2.75) is 27.7 Å². The van der Waals surface area contributed by atoms with Crippen LogP contribution in [-0.4, -0.2) is 28.8 Å². The molecule has 6 heteroatoms. The average Bonchev–Trinajstić information content (AvgIpc) is 2.36. The third-order valence-electron chi connectivity index (χ3n) is 2.85. The van der Waals surface area contributed by atoms with Crippen LogP contribution in [0.3, 0.4) is 0 Å². The highest BCUT2D eigenvalue weighted by atomic mass is 127. The van der Waals surface area contributed by atoms with Crippen molar-refractivity contribution in [1.29, 1.82) is 0 Å². The summed E-state index contributed by atoms with van der Waals surface area (Å²) in [6.07, 6.45) is 0. The first-order chi connectivity index (χ1) is 9.72. The van der Waals surface area contributed by atoms with E-state index in [-0.39, 0.29) is 11.6 Å². The largest absolute Gasteiger partial charge is 0.338 e. The number of halogens is 1. The fraction of sp³-hybridized carbons (Fsp3) is 0.533. The molecule has 0 bridgehead atoms. The van der Waals surface area contributed by atoms with Crippen LogP contribution in [0.25, 0.3) is 0 Å². The van der Waals surface area contributed by atoms with E-state index >= 15 is 0 Å². The maximum atomic E-state index is 12.7. The molecule has 0 unspecified atom stereocenters. The van der Waals surface area contributed by atoms with E-state index in [0.717, 1.165) is 3.57 Å². The van der Waals surface area contributed by atoms with Crippen molar-refractivity contribution in [3.8, 4) is 0 Å². The summed E-state index contributed by atoms with van der Waals surface area (Å²) in [5.41, 5.74) is 0.360. The normalized spacial score (nSPS) is 11.0. The molecule has 0 heterocycles. The van der Waals surface area contributed by atoms with Gasteiger partial charge in [0.25, 0.3) is 11.6 Å². The molecular weight excluding hydrogens is 383 g/mol. The molecule has 1 amide bonds. The van der Waals surface area contributed by atoms with Crippen LogP contribution in [0.5, 0.6) is 0 Å². The van der Waals surface area contributed by atoms with Crippen molar-refractivity contribution in [2.24, 2.45) is 11.8 Å². The van der Waals surface area contributed by atoms with E-state index in [4.69, 9.17) is 0 Å². The molecule has 0 radical (unpaired) electrons. The van der Waals surface area contributed by atoms with Crippen molar-refractivity contribution in [3.63, 3.8) is 0 Å².